The number of hydrogen-bond acceptors (Lipinski definition) is 20. The van der Waals surface area contributed by atoms with Gasteiger partial charge in [-0.2, -0.15) is 8.88 Å². The third-order valence-electron chi connectivity index (χ3n) is 7.56. The molecule has 0 radical (unpaired) electrons. The summed E-state index contributed by atoms with van der Waals surface area (Å²) in [6.45, 7) is -1.05. The Bertz CT molecular complexity index is 1770. The predicted octanol–water partition coefficient (Wildman–Crippen LogP) is -3.35. The van der Waals surface area contributed by atoms with Gasteiger partial charge in [0.1, 0.15) is 42.4 Å². The lowest BCUT2D eigenvalue weighted by atomic mass is 10.1. The topological polar surface area (TPSA) is 358 Å². The first kappa shape index (κ1) is 40.0. The normalized spacial score (nSPS) is 28.5. The summed E-state index contributed by atoms with van der Waals surface area (Å²) in [6, 6.07) is 2.83. The van der Waals surface area contributed by atoms with Gasteiger partial charge in [0.25, 0.3) is 12.1 Å². The number of pyridine rings is 1. The molecule has 10 atom stereocenters. The maximum absolute atomic E-state index is 12.6. The predicted molar refractivity (Wildman–Crippen MR) is 165 cm³/mol. The number of phosphoric acid groups is 2. The molecule has 25 nitrogen and oxygen atoms in total. The highest BCUT2D eigenvalue weighted by Crippen LogP contribution is 2.60. The molecule has 11 N–H and O–H groups in total. The van der Waals surface area contributed by atoms with Gasteiger partial charge in [0, 0.05) is 6.07 Å². The van der Waals surface area contributed by atoms with Gasteiger partial charge in [-0.15, -0.1) is 0 Å². The van der Waals surface area contributed by atoms with E-state index in [1.54, 1.807) is 0 Å². The quantitative estimate of drug-likeness (QED) is 0.0248. The van der Waals surface area contributed by atoms with Crippen molar-refractivity contribution in [3.05, 3.63) is 42.7 Å². The molecule has 0 spiro atoms. The van der Waals surface area contributed by atoms with Gasteiger partial charge in [-0.1, -0.05) is 0 Å². The van der Waals surface area contributed by atoms with Gasteiger partial charge in [-0.05, 0) is 6.07 Å². The number of nitrogens with two attached hydrogens (primary N) is 2. The molecule has 27 heteroatoms. The van der Waals surface area contributed by atoms with E-state index in [0.717, 1.165) is 6.33 Å². The lowest BCUT2D eigenvalue weighted by Gasteiger charge is -2.20. The van der Waals surface area contributed by atoms with Crippen molar-refractivity contribution in [2.75, 3.05) is 45.1 Å². The first-order valence-corrected chi connectivity index (χ1v) is 18.1. The van der Waals surface area contributed by atoms with Crippen molar-refractivity contribution in [3.8, 4) is 0 Å². The van der Waals surface area contributed by atoms with Crippen molar-refractivity contribution in [3.63, 3.8) is 0 Å². The summed E-state index contributed by atoms with van der Waals surface area (Å²) in [6.07, 6.45) is -7.09. The monoisotopic (exact) mass is 783 g/mol. The van der Waals surface area contributed by atoms with Gasteiger partial charge >= 0.3 is 15.6 Å². The van der Waals surface area contributed by atoms with Crippen LogP contribution < -0.4 is 21.7 Å². The van der Waals surface area contributed by atoms with Gasteiger partial charge < -0.3 is 55.0 Å². The van der Waals surface area contributed by atoms with E-state index in [4.69, 9.17) is 39.7 Å². The SMILES string of the molecule is NOCCOCCONc1ncnc2c1ncn2[C@H]1O[C@@H](COP(=O)(O)OP(=O)(O)OC[C@H]2O[C@@H]([n+]3cccc(C(N)=O)c3)[C@@H](O)C2O)[C@@H](O)C1O. The van der Waals surface area contributed by atoms with Gasteiger partial charge in [0.05, 0.1) is 46.0 Å². The Balaban J connectivity index is 1.13. The molecule has 0 aromatic carbocycles. The Hall–Kier alpha value is -3.17. The summed E-state index contributed by atoms with van der Waals surface area (Å²) in [7, 11) is -10.8. The van der Waals surface area contributed by atoms with E-state index in [-0.39, 0.29) is 49.0 Å². The number of carbonyl (C=O) groups is 1. The molecule has 2 aliphatic heterocycles. The van der Waals surface area contributed by atoms with Gasteiger partial charge in [-0.3, -0.25) is 23.2 Å². The molecule has 4 unspecified atom stereocenters. The maximum Gasteiger partial charge on any atom is 0.481 e. The van der Waals surface area contributed by atoms with Crippen molar-refractivity contribution >= 4 is 38.5 Å². The molecule has 0 bridgehead atoms. The summed E-state index contributed by atoms with van der Waals surface area (Å²) < 4.78 is 57.8. The van der Waals surface area contributed by atoms with E-state index < -0.39 is 83.8 Å². The van der Waals surface area contributed by atoms with E-state index in [0.29, 0.717) is 0 Å². The first-order valence-electron chi connectivity index (χ1n) is 15.2. The van der Waals surface area contributed by atoms with E-state index in [1.165, 1.54) is 40.0 Å². The van der Waals surface area contributed by atoms with Crippen molar-refractivity contribution in [2.45, 2.75) is 49.1 Å². The van der Waals surface area contributed by atoms with Gasteiger partial charge in [0.15, 0.2) is 41.7 Å². The number of primary amides is 1. The molecule has 1 amide bonds. The number of aliphatic hydroxyl groups excluding tert-OH is 4. The number of amides is 1. The molecular weight excluding hydrogens is 746 g/mol. The van der Waals surface area contributed by atoms with Crippen LogP contribution in [0.5, 0.6) is 0 Å². The van der Waals surface area contributed by atoms with Crippen LogP contribution in [0, 0.1) is 0 Å². The minimum absolute atomic E-state index is 0.0621. The number of nitrogens with one attached hydrogen (secondary N) is 1. The van der Waals surface area contributed by atoms with Crippen LogP contribution in [-0.2, 0) is 46.4 Å². The molecular formula is C25H37N8O17P2+. The van der Waals surface area contributed by atoms with E-state index in [1.807, 2.05) is 0 Å². The zero-order chi connectivity index (χ0) is 37.6. The second-order valence-corrected chi connectivity index (χ2v) is 14.1. The number of rotatable bonds is 19. The summed E-state index contributed by atoms with van der Waals surface area (Å²) in [5.41, 5.74) is 8.25. The summed E-state index contributed by atoms with van der Waals surface area (Å²) >= 11 is 0. The number of fused-ring (bicyclic) bond motifs is 1. The molecule has 3 aromatic rings. The number of imidazole rings is 1. The average Bonchev–Trinajstić information content (AvgIpc) is 3.75. The highest BCUT2D eigenvalue weighted by atomic mass is 31.3. The zero-order valence-electron chi connectivity index (χ0n) is 26.8. The number of aromatic nitrogens is 5. The number of aliphatic hydroxyl groups is 4. The van der Waals surface area contributed by atoms with Crippen LogP contribution in [0.2, 0.25) is 0 Å². The van der Waals surface area contributed by atoms with E-state index in [9.17, 15) is 44.1 Å². The Morgan fingerprint density at radius 3 is 2.31 bits per heavy atom. The van der Waals surface area contributed by atoms with Crippen molar-refractivity contribution in [1.82, 2.24) is 19.5 Å². The zero-order valence-corrected chi connectivity index (χ0v) is 28.6. The second-order valence-electron chi connectivity index (χ2n) is 11.1. The molecule has 288 valence electrons. The van der Waals surface area contributed by atoms with Crippen LogP contribution in [-0.4, -0.2) is 132 Å². The standard InChI is InChI=1S/C25H36N8O17P2/c26-21(38)13-2-1-3-32(8-13)24-19(36)17(34)14(48-24)9-46-51(39,40)50-52(41,42)47-10-15-18(35)20(37)25(49-15)33-12-30-16-22(28-11-29-23(16)33)31-45-7-5-43-4-6-44-27/h1-3,8,11-12,14-15,17-20,24-25,34-37H,4-7,9-10,27H2,(H4-,26,28,29,31,38,39,40,41,42)/p+1/t14-,15+,17?,18-,19+,20?,24-,25+/m1/s1. The van der Waals surface area contributed by atoms with E-state index >= 15 is 0 Å². The van der Waals surface area contributed by atoms with Crippen LogP contribution in [0.25, 0.3) is 11.2 Å². The number of anilines is 1. The third-order valence-corrected chi connectivity index (χ3v) is 10.2. The number of ether oxygens (including phenoxy) is 3. The number of nitrogens with zero attached hydrogens (tertiary/aromatic N) is 5. The lowest BCUT2D eigenvalue weighted by Crippen LogP contribution is -2.46. The highest BCUT2D eigenvalue weighted by molar-refractivity contribution is 7.61. The largest absolute Gasteiger partial charge is 0.481 e. The average molecular weight is 784 g/mol. The Labute approximate surface area is 292 Å². The van der Waals surface area contributed by atoms with Crippen molar-refractivity contribution in [2.24, 2.45) is 11.6 Å². The van der Waals surface area contributed by atoms with Crippen molar-refractivity contribution < 1.29 is 85.9 Å². The van der Waals surface area contributed by atoms with Crippen molar-refractivity contribution in [1.29, 1.82) is 0 Å². The molecule has 0 aliphatic carbocycles. The number of hydrogen-bond donors (Lipinski definition) is 9. The Morgan fingerprint density at radius 2 is 1.62 bits per heavy atom. The molecule has 0 saturated carbocycles. The summed E-state index contributed by atoms with van der Waals surface area (Å²) in [5.74, 6) is 4.29. The van der Waals surface area contributed by atoms with Crippen LogP contribution in [0.4, 0.5) is 5.82 Å². The lowest BCUT2D eigenvalue weighted by molar-refractivity contribution is -0.765. The van der Waals surface area contributed by atoms with Gasteiger partial charge in [-0.25, -0.2) is 35.5 Å². The Kier molecular flexibility index (Phi) is 13.3. The maximum atomic E-state index is 12.6. The van der Waals surface area contributed by atoms with Gasteiger partial charge in [0.2, 0.25) is 0 Å². The molecule has 2 saturated heterocycles. The summed E-state index contributed by atoms with van der Waals surface area (Å²) in [5, 5.41) is 42.1. The smallest absolute Gasteiger partial charge is 0.387 e. The minimum atomic E-state index is -5.42. The molecule has 2 fully saturated rings. The second kappa shape index (κ2) is 17.3. The summed E-state index contributed by atoms with van der Waals surface area (Å²) in [4.78, 5) is 53.8. The molecule has 2 aliphatic rings. The van der Waals surface area contributed by atoms with Crippen LogP contribution in [0.3, 0.4) is 0 Å². The third kappa shape index (κ3) is 9.67. The molecule has 3 aromatic heterocycles. The fourth-order valence-electron chi connectivity index (χ4n) is 5.06. The fraction of sp³-hybridized carbons (Fsp3) is 0.560. The first-order chi connectivity index (χ1) is 24.7. The molecule has 5 rings (SSSR count). The number of phosphoric ester groups is 2. The highest BCUT2D eigenvalue weighted by Gasteiger charge is 2.50. The van der Waals surface area contributed by atoms with E-state index in [2.05, 4.69) is 29.6 Å². The van der Waals surface area contributed by atoms with Crippen LogP contribution in [0.15, 0.2) is 37.2 Å². The minimum Gasteiger partial charge on any atom is -0.387 e. The molecule has 52 heavy (non-hydrogen) atoms. The fourth-order valence-corrected chi connectivity index (χ4v) is 7.15. The molecule has 5 heterocycles. The number of carbonyl (C=O) groups excluding carboxylic acids is 1. The Morgan fingerprint density at radius 1 is 0.942 bits per heavy atom. The van der Waals surface area contributed by atoms with Crippen LogP contribution >= 0.6 is 15.6 Å². The van der Waals surface area contributed by atoms with Crippen LogP contribution in [0.1, 0.15) is 22.8 Å².